The molecule has 1 aliphatic rings. The van der Waals surface area contributed by atoms with Gasteiger partial charge in [-0.25, -0.2) is 9.97 Å². The van der Waals surface area contributed by atoms with Crippen LogP contribution in [-0.4, -0.2) is 59.3 Å². The summed E-state index contributed by atoms with van der Waals surface area (Å²) in [4.78, 5) is 11.3. The molecule has 0 spiro atoms. The minimum Gasteiger partial charge on any atom is -0.385 e. The second kappa shape index (κ2) is 6.85. The van der Waals surface area contributed by atoms with E-state index in [1.165, 1.54) is 0 Å². The number of hydrogen-bond acceptors (Lipinski definition) is 6. The molecule has 0 amide bonds. The maximum atomic E-state index is 5.76. The smallest absolute Gasteiger partial charge is 0.226 e. The van der Waals surface area contributed by atoms with Crippen LogP contribution in [0.5, 0.6) is 0 Å². The fraction of sp³-hybridized carbons (Fsp3) is 0.533. The summed E-state index contributed by atoms with van der Waals surface area (Å²) >= 11 is 0. The number of nitrogens with zero attached hydrogens (tertiary/aromatic N) is 5. The van der Waals surface area contributed by atoms with Crippen molar-refractivity contribution >= 4 is 5.95 Å². The van der Waals surface area contributed by atoms with E-state index >= 15 is 0 Å². The van der Waals surface area contributed by atoms with Gasteiger partial charge in [0.1, 0.15) is 0 Å². The second-order valence-electron chi connectivity index (χ2n) is 5.36. The van der Waals surface area contributed by atoms with Gasteiger partial charge in [0, 0.05) is 51.8 Å². The molecule has 1 fully saturated rings. The molecule has 22 heavy (non-hydrogen) atoms. The molecule has 3 heterocycles. The predicted molar refractivity (Wildman–Crippen MR) is 82.7 cm³/mol. The molecular formula is C15H21N5O2. The summed E-state index contributed by atoms with van der Waals surface area (Å²) in [7, 11) is 3.61. The lowest BCUT2D eigenvalue weighted by atomic mass is 10.2. The molecule has 0 radical (unpaired) electrons. The summed E-state index contributed by atoms with van der Waals surface area (Å²) in [5.41, 5.74) is 1.88. The van der Waals surface area contributed by atoms with Crippen LogP contribution >= 0.6 is 0 Å². The minimum atomic E-state index is 0.166. The fourth-order valence-corrected chi connectivity index (χ4v) is 2.54. The Kier molecular flexibility index (Phi) is 4.65. The zero-order valence-electron chi connectivity index (χ0n) is 13.0. The van der Waals surface area contributed by atoms with Gasteiger partial charge in [0.2, 0.25) is 5.95 Å². The Balaban J connectivity index is 1.74. The number of anilines is 1. The van der Waals surface area contributed by atoms with Crippen LogP contribution in [-0.2, 0) is 16.5 Å². The molecule has 0 aliphatic carbocycles. The Morgan fingerprint density at radius 1 is 1.45 bits per heavy atom. The summed E-state index contributed by atoms with van der Waals surface area (Å²) in [6.45, 7) is 2.99. The van der Waals surface area contributed by atoms with Crippen molar-refractivity contribution in [1.82, 2.24) is 19.7 Å². The quantitative estimate of drug-likeness (QED) is 0.824. The van der Waals surface area contributed by atoms with Crippen molar-refractivity contribution in [3.63, 3.8) is 0 Å². The van der Waals surface area contributed by atoms with Gasteiger partial charge in [-0.2, -0.15) is 5.10 Å². The van der Waals surface area contributed by atoms with Gasteiger partial charge in [0.15, 0.2) is 0 Å². The SMILES string of the molecule is COCCC1CN(c2nccc(-c3cnn(C)c3)n2)CCO1. The Hall–Kier alpha value is -1.99. The molecule has 2 aromatic heterocycles. The zero-order chi connectivity index (χ0) is 15.4. The predicted octanol–water partition coefficient (Wildman–Crippen LogP) is 1.12. The van der Waals surface area contributed by atoms with Crippen LogP contribution in [0.4, 0.5) is 5.95 Å². The largest absolute Gasteiger partial charge is 0.385 e. The van der Waals surface area contributed by atoms with E-state index in [1.54, 1.807) is 18.0 Å². The van der Waals surface area contributed by atoms with E-state index in [0.29, 0.717) is 13.2 Å². The van der Waals surface area contributed by atoms with Crippen LogP contribution in [0.3, 0.4) is 0 Å². The van der Waals surface area contributed by atoms with Crippen molar-refractivity contribution in [2.75, 3.05) is 38.3 Å². The van der Waals surface area contributed by atoms with Gasteiger partial charge >= 0.3 is 0 Å². The first-order chi connectivity index (χ1) is 10.8. The summed E-state index contributed by atoms with van der Waals surface area (Å²) in [6.07, 6.45) is 6.61. The summed E-state index contributed by atoms with van der Waals surface area (Å²) < 4.78 is 12.7. The number of hydrogen-bond donors (Lipinski definition) is 0. The molecule has 1 aliphatic heterocycles. The minimum absolute atomic E-state index is 0.166. The Morgan fingerprint density at radius 2 is 2.36 bits per heavy atom. The Bertz CT molecular complexity index is 615. The van der Waals surface area contributed by atoms with Crippen LogP contribution < -0.4 is 4.90 Å². The highest BCUT2D eigenvalue weighted by Gasteiger charge is 2.22. The van der Waals surface area contributed by atoms with Crippen molar-refractivity contribution in [1.29, 1.82) is 0 Å². The second-order valence-corrected chi connectivity index (χ2v) is 5.36. The third kappa shape index (κ3) is 3.42. The summed E-state index contributed by atoms with van der Waals surface area (Å²) in [5, 5.41) is 4.19. The lowest BCUT2D eigenvalue weighted by Crippen LogP contribution is -2.43. The van der Waals surface area contributed by atoms with E-state index in [2.05, 4.69) is 20.0 Å². The zero-order valence-corrected chi connectivity index (χ0v) is 13.0. The van der Waals surface area contributed by atoms with Crippen LogP contribution in [0.25, 0.3) is 11.3 Å². The Morgan fingerprint density at radius 3 is 3.14 bits per heavy atom. The average molecular weight is 303 g/mol. The normalized spacial score (nSPS) is 18.6. The topological polar surface area (TPSA) is 65.3 Å². The first-order valence-corrected chi connectivity index (χ1v) is 7.44. The third-order valence-corrected chi connectivity index (χ3v) is 3.71. The number of morpholine rings is 1. The van der Waals surface area contributed by atoms with Gasteiger partial charge in [-0.15, -0.1) is 0 Å². The molecule has 1 unspecified atom stereocenters. The standard InChI is InChI=1S/C15H21N5O2/c1-19-10-12(9-17-19)14-3-5-16-15(18-14)20-6-8-22-13(11-20)4-7-21-2/h3,5,9-10,13H,4,6-8,11H2,1-2H3. The van der Waals surface area contributed by atoms with E-state index < -0.39 is 0 Å². The maximum absolute atomic E-state index is 5.76. The molecular weight excluding hydrogens is 282 g/mol. The lowest BCUT2D eigenvalue weighted by Gasteiger charge is -2.33. The Labute approximate surface area is 129 Å². The van der Waals surface area contributed by atoms with Crippen molar-refractivity contribution < 1.29 is 9.47 Å². The highest BCUT2D eigenvalue weighted by Crippen LogP contribution is 2.20. The molecule has 7 heteroatoms. The first-order valence-electron chi connectivity index (χ1n) is 7.44. The molecule has 0 bridgehead atoms. The third-order valence-electron chi connectivity index (χ3n) is 3.71. The highest BCUT2D eigenvalue weighted by molar-refractivity contribution is 5.58. The van der Waals surface area contributed by atoms with Crippen molar-refractivity contribution in [2.24, 2.45) is 7.05 Å². The summed E-state index contributed by atoms with van der Waals surface area (Å²) in [6, 6.07) is 1.91. The van der Waals surface area contributed by atoms with E-state index in [9.17, 15) is 0 Å². The first kappa shape index (κ1) is 14.9. The van der Waals surface area contributed by atoms with Gasteiger partial charge in [-0.1, -0.05) is 0 Å². The summed E-state index contributed by atoms with van der Waals surface area (Å²) in [5.74, 6) is 0.743. The van der Waals surface area contributed by atoms with Crippen molar-refractivity contribution in [3.05, 3.63) is 24.7 Å². The molecule has 0 saturated carbocycles. The molecule has 2 aromatic rings. The monoisotopic (exact) mass is 303 g/mol. The van der Waals surface area contributed by atoms with Gasteiger partial charge in [0.25, 0.3) is 0 Å². The van der Waals surface area contributed by atoms with Crippen LogP contribution in [0.1, 0.15) is 6.42 Å². The number of rotatable bonds is 5. The van der Waals surface area contributed by atoms with Gasteiger partial charge < -0.3 is 14.4 Å². The highest BCUT2D eigenvalue weighted by atomic mass is 16.5. The van der Waals surface area contributed by atoms with E-state index in [-0.39, 0.29) is 6.10 Å². The van der Waals surface area contributed by atoms with Crippen molar-refractivity contribution in [3.8, 4) is 11.3 Å². The molecule has 3 rings (SSSR count). The molecule has 0 aromatic carbocycles. The molecule has 0 N–H and O–H groups in total. The molecule has 118 valence electrons. The van der Waals surface area contributed by atoms with Crippen LogP contribution in [0.2, 0.25) is 0 Å². The van der Waals surface area contributed by atoms with E-state index in [0.717, 1.165) is 36.7 Å². The average Bonchev–Trinajstić information content (AvgIpc) is 3.00. The van der Waals surface area contributed by atoms with Crippen LogP contribution in [0.15, 0.2) is 24.7 Å². The van der Waals surface area contributed by atoms with E-state index in [1.807, 2.05) is 25.5 Å². The number of ether oxygens (including phenoxy) is 2. The van der Waals surface area contributed by atoms with Crippen LogP contribution in [0, 0.1) is 0 Å². The van der Waals surface area contributed by atoms with E-state index in [4.69, 9.17) is 9.47 Å². The number of aromatic nitrogens is 4. The van der Waals surface area contributed by atoms with Crippen molar-refractivity contribution in [2.45, 2.75) is 12.5 Å². The van der Waals surface area contributed by atoms with Gasteiger partial charge in [-0.05, 0) is 12.5 Å². The van der Waals surface area contributed by atoms with Gasteiger partial charge in [0.05, 0.1) is 24.6 Å². The fourth-order valence-electron chi connectivity index (χ4n) is 2.54. The van der Waals surface area contributed by atoms with Gasteiger partial charge in [-0.3, -0.25) is 4.68 Å². The number of aryl methyl sites for hydroxylation is 1. The molecule has 7 nitrogen and oxygen atoms in total. The molecule has 1 saturated heterocycles. The maximum Gasteiger partial charge on any atom is 0.226 e. The lowest BCUT2D eigenvalue weighted by molar-refractivity contribution is 0.0187. The molecule has 1 atom stereocenters. The number of methoxy groups -OCH3 is 1.